The molecule has 3 heterocycles. The standard InChI is InChI=1S/C34H41N3O2S/c1-35(2)32-22-25(7-8-27(32)24-37-17-5-6-18-37)21-31-30-14-11-28(38)23-33(30)40-34(31)26-9-12-29(13-10-26)39-20-19-36-15-3-4-16-36/h7-14,22-23,38H,3-6,15-21,24H2,1-2H3. The molecule has 0 radical (unpaired) electrons. The maximum Gasteiger partial charge on any atom is 0.119 e. The number of nitrogens with zero attached hydrogens (tertiary/aromatic N) is 3. The number of phenolic OH excluding ortho intramolecular Hbond substituents is 1. The van der Waals surface area contributed by atoms with E-state index in [0.29, 0.717) is 5.75 Å². The van der Waals surface area contributed by atoms with E-state index < -0.39 is 0 Å². The molecule has 2 aliphatic rings. The van der Waals surface area contributed by atoms with Crippen molar-refractivity contribution in [2.75, 3.05) is 58.3 Å². The van der Waals surface area contributed by atoms with Crippen LogP contribution in [0.15, 0.2) is 60.7 Å². The predicted octanol–water partition coefficient (Wildman–Crippen LogP) is 7.00. The van der Waals surface area contributed by atoms with Crippen LogP contribution in [0.3, 0.4) is 0 Å². The Kier molecular flexibility index (Phi) is 8.28. The summed E-state index contributed by atoms with van der Waals surface area (Å²) < 4.78 is 7.19. The van der Waals surface area contributed by atoms with Crippen molar-refractivity contribution in [1.82, 2.24) is 9.80 Å². The number of benzene rings is 3. The molecule has 0 aliphatic carbocycles. The number of likely N-dealkylation sites (tertiary alicyclic amines) is 2. The Labute approximate surface area is 242 Å². The van der Waals surface area contributed by atoms with Crippen molar-refractivity contribution in [2.45, 2.75) is 38.6 Å². The van der Waals surface area contributed by atoms with Crippen LogP contribution >= 0.6 is 11.3 Å². The molecule has 40 heavy (non-hydrogen) atoms. The Hall–Kier alpha value is -3.06. The topological polar surface area (TPSA) is 39.2 Å². The third-order valence-electron chi connectivity index (χ3n) is 8.37. The van der Waals surface area contributed by atoms with E-state index >= 15 is 0 Å². The lowest BCUT2D eigenvalue weighted by atomic mass is 9.97. The lowest BCUT2D eigenvalue weighted by Crippen LogP contribution is -2.25. The van der Waals surface area contributed by atoms with Gasteiger partial charge in [-0.25, -0.2) is 0 Å². The van der Waals surface area contributed by atoms with Gasteiger partial charge in [0.05, 0.1) is 0 Å². The first kappa shape index (κ1) is 27.1. The van der Waals surface area contributed by atoms with Crippen LogP contribution in [0, 0.1) is 0 Å². The number of aromatic hydroxyl groups is 1. The average molecular weight is 556 g/mol. The fraction of sp³-hybridized carbons (Fsp3) is 0.412. The second-order valence-corrected chi connectivity index (χ2v) is 12.6. The number of ether oxygens (including phenoxy) is 1. The summed E-state index contributed by atoms with van der Waals surface area (Å²) >= 11 is 1.76. The summed E-state index contributed by atoms with van der Waals surface area (Å²) in [4.78, 5) is 8.56. The zero-order valence-electron chi connectivity index (χ0n) is 23.9. The molecule has 5 nitrogen and oxygen atoms in total. The molecule has 1 N–H and O–H groups in total. The van der Waals surface area contributed by atoms with Crippen LogP contribution in [-0.2, 0) is 13.0 Å². The highest BCUT2D eigenvalue weighted by Crippen LogP contribution is 2.42. The normalized spacial score (nSPS) is 16.2. The van der Waals surface area contributed by atoms with Crippen molar-refractivity contribution < 1.29 is 9.84 Å². The van der Waals surface area contributed by atoms with Gasteiger partial charge in [-0.2, -0.15) is 0 Å². The minimum Gasteiger partial charge on any atom is -0.508 e. The minimum absolute atomic E-state index is 0.315. The molecule has 4 aromatic rings. The minimum atomic E-state index is 0.315. The van der Waals surface area contributed by atoms with Gasteiger partial charge >= 0.3 is 0 Å². The number of fused-ring (bicyclic) bond motifs is 1. The van der Waals surface area contributed by atoms with Gasteiger partial charge in [0.15, 0.2) is 0 Å². The van der Waals surface area contributed by atoms with E-state index in [-0.39, 0.29) is 0 Å². The van der Waals surface area contributed by atoms with E-state index in [1.54, 1.807) is 11.3 Å². The number of anilines is 1. The molecule has 0 bridgehead atoms. The molecule has 2 aliphatic heterocycles. The van der Waals surface area contributed by atoms with Gasteiger partial charge in [0.2, 0.25) is 0 Å². The van der Waals surface area contributed by atoms with Crippen molar-refractivity contribution in [3.8, 4) is 21.9 Å². The number of hydrogen-bond donors (Lipinski definition) is 1. The molecule has 0 spiro atoms. The summed E-state index contributed by atoms with van der Waals surface area (Å²) in [6, 6.07) is 21.4. The monoisotopic (exact) mass is 555 g/mol. The first-order valence-electron chi connectivity index (χ1n) is 14.7. The van der Waals surface area contributed by atoms with Crippen molar-refractivity contribution in [3.63, 3.8) is 0 Å². The number of thiophene rings is 1. The zero-order valence-corrected chi connectivity index (χ0v) is 24.7. The Morgan fingerprint density at radius 2 is 1.57 bits per heavy atom. The van der Waals surface area contributed by atoms with E-state index in [9.17, 15) is 5.11 Å². The van der Waals surface area contributed by atoms with Crippen LogP contribution in [0.4, 0.5) is 5.69 Å². The van der Waals surface area contributed by atoms with Gasteiger partial charge in [-0.05, 0) is 134 Å². The van der Waals surface area contributed by atoms with E-state index in [2.05, 4.69) is 77.3 Å². The molecule has 0 saturated carbocycles. The third-order valence-corrected chi connectivity index (χ3v) is 9.62. The van der Waals surface area contributed by atoms with Gasteiger partial charge in [0.25, 0.3) is 0 Å². The maximum absolute atomic E-state index is 10.2. The maximum atomic E-state index is 10.2. The van der Waals surface area contributed by atoms with Crippen LogP contribution in [0.1, 0.15) is 42.4 Å². The lowest BCUT2D eigenvalue weighted by molar-refractivity contribution is 0.238. The lowest BCUT2D eigenvalue weighted by Gasteiger charge is -2.22. The van der Waals surface area contributed by atoms with E-state index in [4.69, 9.17) is 4.74 Å². The average Bonchev–Trinajstić information content (AvgIpc) is 3.72. The summed E-state index contributed by atoms with van der Waals surface area (Å²) in [6.45, 7) is 7.55. The van der Waals surface area contributed by atoms with Crippen LogP contribution in [-0.4, -0.2) is 68.3 Å². The summed E-state index contributed by atoms with van der Waals surface area (Å²) in [6.07, 6.45) is 6.08. The molecule has 0 unspecified atom stereocenters. The molecule has 3 aromatic carbocycles. The quantitative estimate of drug-likeness (QED) is 0.228. The smallest absolute Gasteiger partial charge is 0.119 e. The summed E-state index contributed by atoms with van der Waals surface area (Å²) in [7, 11) is 4.30. The Morgan fingerprint density at radius 3 is 2.30 bits per heavy atom. The van der Waals surface area contributed by atoms with Crippen molar-refractivity contribution in [3.05, 3.63) is 77.4 Å². The van der Waals surface area contributed by atoms with Gasteiger partial charge < -0.3 is 14.7 Å². The van der Waals surface area contributed by atoms with Crippen LogP contribution in [0.25, 0.3) is 20.5 Å². The predicted molar refractivity (Wildman–Crippen MR) is 168 cm³/mol. The number of phenols is 1. The molecule has 6 rings (SSSR count). The van der Waals surface area contributed by atoms with Crippen LogP contribution < -0.4 is 9.64 Å². The molecular formula is C34H41N3O2S. The molecule has 6 heteroatoms. The fourth-order valence-electron chi connectivity index (χ4n) is 6.20. The Morgan fingerprint density at radius 1 is 0.850 bits per heavy atom. The molecule has 0 amide bonds. The summed E-state index contributed by atoms with van der Waals surface area (Å²) in [5, 5.41) is 11.4. The van der Waals surface area contributed by atoms with Crippen molar-refractivity contribution >= 4 is 27.1 Å². The van der Waals surface area contributed by atoms with E-state index in [1.165, 1.54) is 90.1 Å². The second-order valence-electron chi connectivity index (χ2n) is 11.5. The summed E-state index contributed by atoms with van der Waals surface area (Å²) in [5.41, 5.74) is 6.53. The molecule has 1 aromatic heterocycles. The Balaban J connectivity index is 1.26. The Bertz CT molecular complexity index is 1430. The number of hydrogen-bond acceptors (Lipinski definition) is 6. The largest absolute Gasteiger partial charge is 0.508 e. The zero-order chi connectivity index (χ0) is 27.5. The van der Waals surface area contributed by atoms with Gasteiger partial charge in [-0.1, -0.05) is 12.1 Å². The second kappa shape index (κ2) is 12.2. The van der Waals surface area contributed by atoms with Gasteiger partial charge in [0.1, 0.15) is 18.1 Å². The van der Waals surface area contributed by atoms with Gasteiger partial charge in [-0.3, -0.25) is 9.80 Å². The highest BCUT2D eigenvalue weighted by molar-refractivity contribution is 7.22. The first-order chi connectivity index (χ1) is 19.5. The molecular weight excluding hydrogens is 514 g/mol. The highest BCUT2D eigenvalue weighted by Gasteiger charge is 2.18. The summed E-state index contributed by atoms with van der Waals surface area (Å²) in [5.74, 6) is 1.24. The van der Waals surface area contributed by atoms with E-state index in [1.807, 2.05) is 12.1 Å². The first-order valence-corrected chi connectivity index (χ1v) is 15.6. The third kappa shape index (κ3) is 6.14. The van der Waals surface area contributed by atoms with Gasteiger partial charge in [0, 0.05) is 42.4 Å². The molecule has 2 saturated heterocycles. The van der Waals surface area contributed by atoms with Crippen LogP contribution in [0.5, 0.6) is 11.5 Å². The molecule has 0 atom stereocenters. The SMILES string of the molecule is CN(C)c1cc(Cc2c(-c3ccc(OCCN4CCCC4)cc3)sc3cc(O)ccc23)ccc1CN1CCCC1. The number of rotatable bonds is 10. The van der Waals surface area contributed by atoms with Crippen LogP contribution in [0.2, 0.25) is 0 Å². The fourth-order valence-corrected chi connectivity index (χ4v) is 7.46. The highest BCUT2D eigenvalue weighted by atomic mass is 32.1. The van der Waals surface area contributed by atoms with Crippen molar-refractivity contribution in [1.29, 1.82) is 0 Å². The van der Waals surface area contributed by atoms with E-state index in [0.717, 1.165) is 36.6 Å². The molecule has 2 fully saturated rings. The van der Waals surface area contributed by atoms with Gasteiger partial charge in [-0.15, -0.1) is 11.3 Å². The molecule has 210 valence electrons. The van der Waals surface area contributed by atoms with Crippen molar-refractivity contribution in [2.24, 2.45) is 0 Å².